The Morgan fingerprint density at radius 2 is 2.08 bits per heavy atom. The first-order valence-corrected chi connectivity index (χ1v) is 9.39. The van der Waals surface area contributed by atoms with Gasteiger partial charge in [-0.2, -0.15) is 0 Å². The van der Waals surface area contributed by atoms with Gasteiger partial charge in [0.15, 0.2) is 6.54 Å². The Morgan fingerprint density at radius 1 is 1.27 bits per heavy atom. The van der Waals surface area contributed by atoms with Gasteiger partial charge >= 0.3 is 0 Å². The first-order chi connectivity index (χ1) is 12.6. The summed E-state index contributed by atoms with van der Waals surface area (Å²) >= 11 is 0. The van der Waals surface area contributed by atoms with Crippen LogP contribution in [0.1, 0.15) is 41.1 Å². The van der Waals surface area contributed by atoms with Crippen molar-refractivity contribution in [1.29, 1.82) is 0 Å². The fraction of sp³-hybridized carbons (Fsp3) is 0.409. The van der Waals surface area contributed by atoms with E-state index in [2.05, 4.69) is 49.6 Å². The summed E-state index contributed by atoms with van der Waals surface area (Å²) in [6.07, 6.45) is 3.26. The summed E-state index contributed by atoms with van der Waals surface area (Å²) in [4.78, 5) is 13.7. The van der Waals surface area contributed by atoms with Crippen molar-refractivity contribution < 1.29 is 14.4 Å². The molecular weight excluding hydrogens is 324 g/mol. The minimum atomic E-state index is 0.107. The van der Waals surface area contributed by atoms with Crippen molar-refractivity contribution in [2.24, 2.45) is 0 Å². The molecule has 3 rings (SSSR count). The molecule has 2 atom stereocenters. The molecule has 0 aromatic heterocycles. The lowest BCUT2D eigenvalue weighted by Crippen LogP contribution is -3.08. The molecule has 2 aromatic rings. The Morgan fingerprint density at radius 3 is 2.88 bits per heavy atom. The van der Waals surface area contributed by atoms with E-state index in [4.69, 9.17) is 4.74 Å². The SMILES string of the molecule is COc1ccc(C)cc1C[NH+](C)CC(=O)N[C@@H]1CCCc2ccccc21. The van der Waals surface area contributed by atoms with Crippen LogP contribution < -0.4 is 15.0 Å². The number of carbonyl (C=O) groups excluding carboxylic acids is 1. The third kappa shape index (κ3) is 4.44. The molecule has 0 fully saturated rings. The Balaban J connectivity index is 1.60. The number of methoxy groups -OCH3 is 1. The maximum Gasteiger partial charge on any atom is 0.275 e. The maximum atomic E-state index is 12.6. The monoisotopic (exact) mass is 353 g/mol. The van der Waals surface area contributed by atoms with Crippen LogP contribution in [0.15, 0.2) is 42.5 Å². The lowest BCUT2D eigenvalue weighted by molar-refractivity contribution is -0.885. The van der Waals surface area contributed by atoms with Crippen molar-refractivity contribution in [2.75, 3.05) is 20.7 Å². The topological polar surface area (TPSA) is 42.8 Å². The van der Waals surface area contributed by atoms with Gasteiger partial charge in [-0.3, -0.25) is 4.79 Å². The van der Waals surface area contributed by atoms with Crippen LogP contribution in [0.4, 0.5) is 0 Å². The molecule has 2 aromatic carbocycles. The maximum absolute atomic E-state index is 12.6. The first-order valence-electron chi connectivity index (χ1n) is 9.39. The number of amides is 1. The van der Waals surface area contributed by atoms with Gasteiger partial charge in [-0.05, 0) is 49.4 Å². The molecule has 1 aliphatic rings. The normalized spacial score (nSPS) is 17.3. The van der Waals surface area contributed by atoms with Gasteiger partial charge in [-0.15, -0.1) is 0 Å². The van der Waals surface area contributed by atoms with E-state index >= 15 is 0 Å². The molecule has 2 N–H and O–H groups in total. The summed E-state index contributed by atoms with van der Waals surface area (Å²) in [5.41, 5.74) is 5.00. The molecule has 1 amide bonds. The number of nitrogens with one attached hydrogen (secondary N) is 2. The van der Waals surface area contributed by atoms with E-state index in [1.165, 1.54) is 16.7 Å². The second-order valence-electron chi connectivity index (χ2n) is 7.34. The standard InChI is InChI=1S/C22H28N2O2/c1-16-11-12-21(26-3)18(13-16)14-24(2)15-22(25)23-20-10-6-8-17-7-4-5-9-19(17)20/h4-5,7,9,11-13,20H,6,8,10,14-15H2,1-3H3,(H,23,25)/p+1/t20-/m1/s1. The van der Waals surface area contributed by atoms with Crippen molar-refractivity contribution in [3.05, 3.63) is 64.7 Å². The third-order valence-electron chi connectivity index (χ3n) is 5.10. The molecule has 138 valence electrons. The van der Waals surface area contributed by atoms with Crippen LogP contribution in [0, 0.1) is 6.92 Å². The van der Waals surface area contributed by atoms with Crippen molar-refractivity contribution in [3.8, 4) is 5.75 Å². The molecule has 0 radical (unpaired) electrons. The number of aryl methyl sites for hydroxylation is 2. The molecule has 0 saturated heterocycles. The van der Waals surface area contributed by atoms with Gasteiger partial charge in [0.1, 0.15) is 12.3 Å². The van der Waals surface area contributed by atoms with Crippen molar-refractivity contribution in [1.82, 2.24) is 5.32 Å². The molecule has 26 heavy (non-hydrogen) atoms. The van der Waals surface area contributed by atoms with Crippen LogP contribution in [-0.2, 0) is 17.8 Å². The summed E-state index contributed by atoms with van der Waals surface area (Å²) in [6.45, 7) is 3.29. The van der Waals surface area contributed by atoms with Crippen LogP contribution in [0.25, 0.3) is 0 Å². The van der Waals surface area contributed by atoms with Gasteiger partial charge in [-0.1, -0.05) is 35.9 Å². The number of quaternary nitrogens is 1. The molecule has 0 heterocycles. The highest BCUT2D eigenvalue weighted by Gasteiger charge is 2.22. The highest BCUT2D eigenvalue weighted by Crippen LogP contribution is 2.29. The Bertz CT molecular complexity index is 772. The zero-order chi connectivity index (χ0) is 18.5. The molecule has 4 nitrogen and oxygen atoms in total. The van der Waals surface area contributed by atoms with Crippen LogP contribution in [0.5, 0.6) is 5.75 Å². The summed E-state index contributed by atoms with van der Waals surface area (Å²) in [5.74, 6) is 0.993. The lowest BCUT2D eigenvalue weighted by atomic mass is 9.88. The van der Waals surface area contributed by atoms with E-state index in [1.54, 1.807) is 7.11 Å². The van der Waals surface area contributed by atoms with E-state index < -0.39 is 0 Å². The molecule has 1 aliphatic carbocycles. The van der Waals surface area contributed by atoms with Crippen LogP contribution in [0.2, 0.25) is 0 Å². The number of hydrogen-bond donors (Lipinski definition) is 2. The lowest BCUT2D eigenvalue weighted by Gasteiger charge is -2.26. The van der Waals surface area contributed by atoms with Gasteiger partial charge in [0, 0.05) is 5.56 Å². The highest BCUT2D eigenvalue weighted by molar-refractivity contribution is 5.77. The number of fused-ring (bicyclic) bond motifs is 1. The van der Waals surface area contributed by atoms with E-state index in [0.29, 0.717) is 6.54 Å². The van der Waals surface area contributed by atoms with E-state index in [9.17, 15) is 4.79 Å². The zero-order valence-corrected chi connectivity index (χ0v) is 16.0. The number of likely N-dealkylation sites (N-methyl/N-ethyl adjacent to an activating group) is 1. The van der Waals surface area contributed by atoms with Gasteiger partial charge < -0.3 is 15.0 Å². The van der Waals surface area contributed by atoms with Crippen molar-refractivity contribution >= 4 is 5.91 Å². The smallest absolute Gasteiger partial charge is 0.275 e. The quantitative estimate of drug-likeness (QED) is 0.836. The molecule has 1 unspecified atom stereocenters. The fourth-order valence-electron chi connectivity index (χ4n) is 3.86. The first kappa shape index (κ1) is 18.5. The number of carbonyl (C=O) groups is 1. The number of benzene rings is 2. The number of ether oxygens (including phenoxy) is 1. The van der Waals surface area contributed by atoms with Gasteiger partial charge in [0.05, 0.1) is 20.2 Å². The minimum Gasteiger partial charge on any atom is -0.496 e. The average molecular weight is 353 g/mol. The Hall–Kier alpha value is -2.33. The van der Waals surface area contributed by atoms with E-state index in [0.717, 1.165) is 42.0 Å². The molecule has 0 aliphatic heterocycles. The van der Waals surface area contributed by atoms with Crippen LogP contribution >= 0.6 is 0 Å². The third-order valence-corrected chi connectivity index (χ3v) is 5.10. The molecule has 0 bridgehead atoms. The van der Waals surface area contributed by atoms with Gasteiger partial charge in [0.25, 0.3) is 5.91 Å². The van der Waals surface area contributed by atoms with Crippen molar-refractivity contribution in [3.63, 3.8) is 0 Å². The number of hydrogen-bond acceptors (Lipinski definition) is 2. The molecule has 0 saturated carbocycles. The summed E-state index contributed by atoms with van der Waals surface area (Å²) in [6, 6.07) is 14.8. The zero-order valence-electron chi connectivity index (χ0n) is 16.0. The second kappa shape index (κ2) is 8.37. The Labute approximate surface area is 156 Å². The molecule has 4 heteroatoms. The number of rotatable bonds is 6. The molecule has 0 spiro atoms. The molecular formula is C22H29N2O2+. The highest BCUT2D eigenvalue weighted by atomic mass is 16.5. The van der Waals surface area contributed by atoms with E-state index in [1.807, 2.05) is 12.1 Å². The predicted molar refractivity (Wildman–Crippen MR) is 103 cm³/mol. The van der Waals surface area contributed by atoms with Gasteiger partial charge in [0.2, 0.25) is 0 Å². The van der Waals surface area contributed by atoms with Crippen LogP contribution in [-0.4, -0.2) is 26.6 Å². The largest absolute Gasteiger partial charge is 0.496 e. The van der Waals surface area contributed by atoms with Crippen molar-refractivity contribution in [2.45, 2.75) is 38.8 Å². The fourth-order valence-corrected chi connectivity index (χ4v) is 3.86. The van der Waals surface area contributed by atoms with Crippen LogP contribution in [0.3, 0.4) is 0 Å². The average Bonchev–Trinajstić information content (AvgIpc) is 2.62. The second-order valence-corrected chi connectivity index (χ2v) is 7.34. The Kier molecular flexibility index (Phi) is 5.94. The summed E-state index contributed by atoms with van der Waals surface area (Å²) in [7, 11) is 3.74. The van der Waals surface area contributed by atoms with Gasteiger partial charge in [-0.25, -0.2) is 0 Å². The van der Waals surface area contributed by atoms with E-state index in [-0.39, 0.29) is 11.9 Å². The predicted octanol–water partition coefficient (Wildman–Crippen LogP) is 2.21. The summed E-state index contributed by atoms with van der Waals surface area (Å²) in [5, 5.41) is 3.24. The minimum absolute atomic E-state index is 0.107. The summed E-state index contributed by atoms with van der Waals surface area (Å²) < 4.78 is 5.45.